The monoisotopic (exact) mass is 345 g/mol. The van der Waals surface area contributed by atoms with Gasteiger partial charge in [0.05, 0.1) is 20.0 Å². The van der Waals surface area contributed by atoms with E-state index in [1.54, 1.807) is 12.1 Å². The number of para-hydroxylation sites is 1. The standard InChI is InChI=1S/C15H11N3O3S2/c1-16-14(19)9-6-7-13(11(8-9)18(20)21)23-15-17-10-4-2-3-5-12(10)22-15/h2-8H,1H3,(H,16,19). The van der Waals surface area contributed by atoms with E-state index in [9.17, 15) is 14.9 Å². The van der Waals surface area contributed by atoms with Gasteiger partial charge in [-0.1, -0.05) is 23.9 Å². The molecule has 0 bridgehead atoms. The second kappa shape index (κ2) is 6.35. The zero-order valence-corrected chi connectivity index (χ0v) is 13.6. The Kier molecular flexibility index (Phi) is 4.26. The number of thiazole rings is 1. The number of carbonyl (C=O) groups excluding carboxylic acids is 1. The zero-order valence-electron chi connectivity index (χ0n) is 12.0. The van der Waals surface area contributed by atoms with E-state index in [4.69, 9.17) is 0 Å². The Labute approximate surface area is 139 Å². The fourth-order valence-electron chi connectivity index (χ4n) is 2.02. The fourth-order valence-corrected chi connectivity index (χ4v) is 4.13. The van der Waals surface area contributed by atoms with Crippen LogP contribution in [0.25, 0.3) is 10.2 Å². The average Bonchev–Trinajstić information content (AvgIpc) is 2.96. The predicted molar refractivity (Wildman–Crippen MR) is 90.2 cm³/mol. The largest absolute Gasteiger partial charge is 0.355 e. The minimum atomic E-state index is -0.484. The first kappa shape index (κ1) is 15.4. The highest BCUT2D eigenvalue weighted by Crippen LogP contribution is 2.38. The van der Waals surface area contributed by atoms with Gasteiger partial charge in [0.1, 0.15) is 0 Å². The molecule has 0 radical (unpaired) electrons. The molecule has 23 heavy (non-hydrogen) atoms. The van der Waals surface area contributed by atoms with Crippen LogP contribution in [-0.4, -0.2) is 22.9 Å². The molecule has 3 aromatic rings. The molecule has 0 aliphatic rings. The Morgan fingerprint density at radius 3 is 2.78 bits per heavy atom. The van der Waals surface area contributed by atoms with Gasteiger partial charge in [-0.15, -0.1) is 11.3 Å². The lowest BCUT2D eigenvalue weighted by Gasteiger charge is -2.03. The molecule has 0 saturated carbocycles. The summed E-state index contributed by atoms with van der Waals surface area (Å²) in [4.78, 5) is 27.4. The van der Waals surface area contributed by atoms with E-state index < -0.39 is 4.92 Å². The Morgan fingerprint density at radius 1 is 1.30 bits per heavy atom. The third-order valence-electron chi connectivity index (χ3n) is 3.12. The number of benzene rings is 2. The van der Waals surface area contributed by atoms with Gasteiger partial charge in [0.2, 0.25) is 0 Å². The van der Waals surface area contributed by atoms with Gasteiger partial charge in [0.25, 0.3) is 11.6 Å². The normalized spacial score (nSPS) is 10.7. The van der Waals surface area contributed by atoms with Gasteiger partial charge in [-0.05, 0) is 24.3 Å². The van der Waals surface area contributed by atoms with Gasteiger partial charge in [0.15, 0.2) is 4.34 Å². The van der Waals surface area contributed by atoms with Crippen LogP contribution in [0.1, 0.15) is 10.4 Å². The van der Waals surface area contributed by atoms with Crippen molar-refractivity contribution in [1.29, 1.82) is 0 Å². The summed E-state index contributed by atoms with van der Waals surface area (Å²) < 4.78 is 1.75. The number of nitrogens with one attached hydrogen (secondary N) is 1. The molecule has 1 heterocycles. The van der Waals surface area contributed by atoms with Crippen LogP contribution in [0.2, 0.25) is 0 Å². The highest BCUT2D eigenvalue weighted by atomic mass is 32.2. The molecule has 1 N–H and O–H groups in total. The molecule has 0 spiro atoms. The third kappa shape index (κ3) is 3.17. The van der Waals surface area contributed by atoms with Crippen molar-refractivity contribution in [3.05, 3.63) is 58.1 Å². The van der Waals surface area contributed by atoms with E-state index in [-0.39, 0.29) is 17.2 Å². The quantitative estimate of drug-likeness (QED) is 0.575. The van der Waals surface area contributed by atoms with Crippen LogP contribution >= 0.6 is 23.1 Å². The van der Waals surface area contributed by atoms with E-state index in [0.29, 0.717) is 4.90 Å². The van der Waals surface area contributed by atoms with Gasteiger partial charge in [-0.2, -0.15) is 0 Å². The van der Waals surface area contributed by atoms with Crippen LogP contribution < -0.4 is 5.32 Å². The highest BCUT2D eigenvalue weighted by Gasteiger charge is 2.19. The van der Waals surface area contributed by atoms with E-state index in [1.807, 2.05) is 24.3 Å². The minimum absolute atomic E-state index is 0.102. The smallest absolute Gasteiger partial charge is 0.284 e. The van der Waals surface area contributed by atoms with Gasteiger partial charge < -0.3 is 5.32 Å². The maximum atomic E-state index is 11.6. The number of hydrogen-bond donors (Lipinski definition) is 1. The molecule has 0 unspecified atom stereocenters. The molecule has 0 aliphatic carbocycles. The van der Waals surface area contributed by atoms with Crippen molar-refractivity contribution in [2.24, 2.45) is 0 Å². The summed E-state index contributed by atoms with van der Waals surface area (Å²) in [6.45, 7) is 0. The number of hydrogen-bond acceptors (Lipinski definition) is 6. The number of carbonyl (C=O) groups is 1. The van der Waals surface area contributed by atoms with Gasteiger partial charge in [-0.3, -0.25) is 14.9 Å². The van der Waals surface area contributed by atoms with Gasteiger partial charge in [-0.25, -0.2) is 4.98 Å². The number of aromatic nitrogens is 1. The number of nitro benzene ring substituents is 1. The van der Waals surface area contributed by atoms with Crippen LogP contribution in [0, 0.1) is 10.1 Å². The molecule has 0 aliphatic heterocycles. The van der Waals surface area contributed by atoms with Crippen LogP contribution in [0.15, 0.2) is 51.7 Å². The molecule has 6 nitrogen and oxygen atoms in total. The lowest BCUT2D eigenvalue weighted by molar-refractivity contribution is -0.387. The molecule has 0 saturated heterocycles. The summed E-state index contributed by atoms with van der Waals surface area (Å²) in [6, 6.07) is 12.1. The topological polar surface area (TPSA) is 85.1 Å². The summed E-state index contributed by atoms with van der Waals surface area (Å²) in [7, 11) is 1.48. The van der Waals surface area contributed by atoms with Crippen molar-refractivity contribution in [2.75, 3.05) is 7.05 Å². The molecule has 1 amide bonds. The molecule has 8 heteroatoms. The van der Waals surface area contributed by atoms with Crippen LogP contribution in [0.4, 0.5) is 5.69 Å². The average molecular weight is 345 g/mol. The summed E-state index contributed by atoms with van der Waals surface area (Å²) in [6.07, 6.45) is 0. The molecular weight excluding hydrogens is 334 g/mol. The Hall–Kier alpha value is -2.45. The summed E-state index contributed by atoms with van der Waals surface area (Å²) in [5.41, 5.74) is 1.02. The van der Waals surface area contributed by atoms with Crippen molar-refractivity contribution in [3.63, 3.8) is 0 Å². The molecule has 0 fully saturated rings. The van der Waals surface area contributed by atoms with Crippen LogP contribution in [0.3, 0.4) is 0 Å². The number of rotatable bonds is 4. The Morgan fingerprint density at radius 2 is 2.09 bits per heavy atom. The first-order chi connectivity index (χ1) is 11.1. The molecule has 2 aromatic carbocycles. The summed E-state index contributed by atoms with van der Waals surface area (Å²) in [5, 5.41) is 13.7. The summed E-state index contributed by atoms with van der Waals surface area (Å²) in [5.74, 6) is -0.357. The Bertz CT molecular complexity index is 875. The van der Waals surface area contributed by atoms with Crippen molar-refractivity contribution in [1.82, 2.24) is 10.3 Å². The van der Waals surface area contributed by atoms with Gasteiger partial charge >= 0.3 is 0 Å². The number of fused-ring (bicyclic) bond motifs is 1. The number of nitrogens with zero attached hydrogens (tertiary/aromatic N) is 2. The van der Waals surface area contributed by atoms with E-state index in [1.165, 1.54) is 36.2 Å². The van der Waals surface area contributed by atoms with Gasteiger partial charge in [0, 0.05) is 18.7 Å². The fraction of sp³-hybridized carbons (Fsp3) is 0.0667. The maximum absolute atomic E-state index is 11.6. The highest BCUT2D eigenvalue weighted by molar-refractivity contribution is 8.01. The predicted octanol–water partition coefficient (Wildman–Crippen LogP) is 3.72. The minimum Gasteiger partial charge on any atom is -0.355 e. The molecule has 116 valence electrons. The zero-order chi connectivity index (χ0) is 16.4. The van der Waals surface area contributed by atoms with E-state index in [0.717, 1.165) is 14.6 Å². The van der Waals surface area contributed by atoms with Crippen molar-refractivity contribution in [3.8, 4) is 0 Å². The third-order valence-corrected chi connectivity index (χ3v) is 5.28. The second-order valence-corrected chi connectivity index (χ2v) is 6.89. The Balaban J connectivity index is 1.98. The molecular formula is C15H11N3O3S2. The van der Waals surface area contributed by atoms with E-state index >= 15 is 0 Å². The second-order valence-electron chi connectivity index (χ2n) is 4.57. The number of amides is 1. The number of nitro groups is 1. The van der Waals surface area contributed by atoms with E-state index in [2.05, 4.69) is 10.3 Å². The first-order valence-corrected chi connectivity index (χ1v) is 8.25. The molecule has 0 atom stereocenters. The van der Waals surface area contributed by atoms with Crippen molar-refractivity contribution < 1.29 is 9.72 Å². The first-order valence-electron chi connectivity index (χ1n) is 6.62. The SMILES string of the molecule is CNC(=O)c1ccc(Sc2nc3ccccc3s2)c([N+](=O)[O-])c1. The van der Waals surface area contributed by atoms with Crippen LogP contribution in [0.5, 0.6) is 0 Å². The summed E-state index contributed by atoms with van der Waals surface area (Å²) >= 11 is 2.71. The lowest BCUT2D eigenvalue weighted by Crippen LogP contribution is -2.17. The molecule has 3 rings (SSSR count). The maximum Gasteiger partial charge on any atom is 0.284 e. The lowest BCUT2D eigenvalue weighted by atomic mass is 10.2. The van der Waals surface area contributed by atoms with Crippen LogP contribution in [-0.2, 0) is 0 Å². The molecule has 1 aromatic heterocycles. The van der Waals surface area contributed by atoms with Crippen molar-refractivity contribution >= 4 is 44.9 Å². The van der Waals surface area contributed by atoms with Crippen molar-refractivity contribution in [2.45, 2.75) is 9.24 Å².